The van der Waals surface area contributed by atoms with Gasteiger partial charge in [-0.2, -0.15) is 0 Å². The molecule has 2 radical (unpaired) electrons. The zero-order valence-corrected chi connectivity index (χ0v) is 10.8. The second kappa shape index (κ2) is 4.06. The first kappa shape index (κ1) is 11.2. The molecule has 0 N–H and O–H groups in total. The molecule has 3 aromatic rings. The summed E-state index contributed by atoms with van der Waals surface area (Å²) < 4.78 is 0. The van der Waals surface area contributed by atoms with Crippen LogP contribution in [0.3, 0.4) is 0 Å². The molecule has 0 spiro atoms. The Morgan fingerprint density at radius 1 is 0.882 bits per heavy atom. The predicted octanol–water partition coefficient (Wildman–Crippen LogP) is 5.55. The van der Waals surface area contributed by atoms with Crippen LogP contribution in [0.25, 0.3) is 21.5 Å². The minimum Gasteiger partial charge on any atom is -0.0836 e. The van der Waals surface area contributed by atoms with Crippen molar-refractivity contribution in [1.82, 2.24) is 0 Å². The smallest absolute Gasteiger partial charge is 0.0677 e. The first-order valence-corrected chi connectivity index (χ1v) is 6.09. The van der Waals surface area contributed by atoms with Gasteiger partial charge in [0.15, 0.2) is 0 Å². The van der Waals surface area contributed by atoms with E-state index in [9.17, 15) is 0 Å². The maximum atomic E-state index is 6.21. The molecule has 0 bridgehead atoms. The van der Waals surface area contributed by atoms with Crippen molar-refractivity contribution in [2.75, 3.05) is 0 Å². The molecule has 82 valence electrons. The number of hydrogen-bond donors (Lipinski definition) is 0. The van der Waals surface area contributed by atoms with E-state index in [1.165, 1.54) is 0 Å². The molecule has 0 aliphatic rings. The fourth-order valence-electron chi connectivity index (χ4n) is 1.92. The van der Waals surface area contributed by atoms with Gasteiger partial charge >= 0.3 is 0 Å². The molecule has 0 saturated carbocycles. The zero-order chi connectivity index (χ0) is 12.0. The molecule has 0 heterocycles. The lowest BCUT2D eigenvalue weighted by molar-refractivity contribution is 1.74. The van der Waals surface area contributed by atoms with E-state index in [2.05, 4.69) is 12.1 Å². The van der Waals surface area contributed by atoms with Crippen molar-refractivity contribution in [2.24, 2.45) is 0 Å². The number of hydrogen-bond acceptors (Lipinski definition) is 0. The van der Waals surface area contributed by atoms with Crippen LogP contribution in [0.5, 0.6) is 0 Å². The minimum absolute atomic E-state index is 0.414. The first-order valence-electron chi connectivity index (χ1n) is 4.96. The van der Waals surface area contributed by atoms with Gasteiger partial charge in [0.05, 0.1) is 10.0 Å². The predicted molar refractivity (Wildman–Crippen MR) is 74.2 cm³/mol. The SMILES string of the molecule is Clc1[c]c2cc(Cl)c3c[c]ccc3c2cc1Cl. The average molecular weight is 280 g/mol. The molecular weight excluding hydrogens is 275 g/mol. The third-order valence-corrected chi connectivity index (χ3v) is 3.70. The molecule has 3 rings (SSSR count). The van der Waals surface area contributed by atoms with Crippen molar-refractivity contribution in [3.8, 4) is 0 Å². The van der Waals surface area contributed by atoms with Crippen molar-refractivity contribution in [3.63, 3.8) is 0 Å². The summed E-state index contributed by atoms with van der Waals surface area (Å²) in [6, 6.07) is 15.4. The van der Waals surface area contributed by atoms with E-state index in [0.29, 0.717) is 15.1 Å². The van der Waals surface area contributed by atoms with E-state index >= 15 is 0 Å². The lowest BCUT2D eigenvalue weighted by Gasteiger charge is -2.07. The highest BCUT2D eigenvalue weighted by atomic mass is 35.5. The van der Waals surface area contributed by atoms with E-state index in [0.717, 1.165) is 21.5 Å². The van der Waals surface area contributed by atoms with Crippen LogP contribution < -0.4 is 0 Å². The second-order valence-corrected chi connectivity index (χ2v) is 4.91. The van der Waals surface area contributed by atoms with Gasteiger partial charge in [-0.1, -0.05) is 46.9 Å². The molecule has 3 heteroatoms. The zero-order valence-electron chi connectivity index (χ0n) is 8.52. The molecule has 0 nitrogen and oxygen atoms in total. The quantitative estimate of drug-likeness (QED) is 0.473. The fourth-order valence-corrected chi connectivity index (χ4v) is 2.50. The van der Waals surface area contributed by atoms with Crippen LogP contribution >= 0.6 is 34.8 Å². The summed E-state index contributed by atoms with van der Waals surface area (Å²) in [5.41, 5.74) is 0. The van der Waals surface area contributed by atoms with Crippen molar-refractivity contribution < 1.29 is 0 Å². The Kier molecular flexibility index (Phi) is 2.67. The van der Waals surface area contributed by atoms with Gasteiger partial charge in [-0.25, -0.2) is 0 Å². The van der Waals surface area contributed by atoms with Crippen LogP contribution in [0.4, 0.5) is 0 Å². The molecule has 0 aromatic heterocycles. The maximum Gasteiger partial charge on any atom is 0.0677 e. The summed E-state index contributed by atoms with van der Waals surface area (Å²) in [5, 5.41) is 5.41. The van der Waals surface area contributed by atoms with Gasteiger partial charge in [0.25, 0.3) is 0 Å². The van der Waals surface area contributed by atoms with Crippen LogP contribution in [-0.4, -0.2) is 0 Å². The van der Waals surface area contributed by atoms with Crippen molar-refractivity contribution in [1.29, 1.82) is 0 Å². The summed E-state index contributed by atoms with van der Waals surface area (Å²) in [7, 11) is 0. The van der Waals surface area contributed by atoms with Gasteiger partial charge in [0.1, 0.15) is 0 Å². The summed E-state index contributed by atoms with van der Waals surface area (Å²) in [6.45, 7) is 0. The van der Waals surface area contributed by atoms with E-state index in [1.807, 2.05) is 30.3 Å². The molecule has 3 aromatic carbocycles. The highest BCUT2D eigenvalue weighted by molar-refractivity contribution is 6.43. The first-order chi connectivity index (χ1) is 8.16. The van der Waals surface area contributed by atoms with Crippen LogP contribution in [0, 0.1) is 12.1 Å². The molecule has 17 heavy (non-hydrogen) atoms. The molecule has 0 fully saturated rings. The van der Waals surface area contributed by atoms with E-state index < -0.39 is 0 Å². The van der Waals surface area contributed by atoms with Gasteiger partial charge in [0, 0.05) is 16.5 Å². The highest BCUT2D eigenvalue weighted by Gasteiger charge is 2.08. The maximum absolute atomic E-state index is 6.21. The Morgan fingerprint density at radius 3 is 2.53 bits per heavy atom. The molecule has 0 atom stereocenters. The van der Waals surface area contributed by atoms with Crippen LogP contribution in [0.15, 0.2) is 30.3 Å². The van der Waals surface area contributed by atoms with Crippen LogP contribution in [0.2, 0.25) is 15.1 Å². The molecule has 0 saturated heterocycles. The average Bonchev–Trinajstić information content (AvgIpc) is 2.32. The molecule has 0 aliphatic heterocycles. The summed E-state index contributed by atoms with van der Waals surface area (Å²) >= 11 is 18.2. The Bertz CT molecular complexity index is 732. The molecule has 0 unspecified atom stereocenters. The number of benzene rings is 3. The Labute approximate surface area is 114 Å². The molecular formula is C14H5Cl3. The summed E-state index contributed by atoms with van der Waals surface area (Å²) in [6.07, 6.45) is 0. The topological polar surface area (TPSA) is 0 Å². The van der Waals surface area contributed by atoms with Gasteiger partial charge in [-0.15, -0.1) is 0 Å². The molecule has 0 amide bonds. The van der Waals surface area contributed by atoms with Gasteiger partial charge in [0.2, 0.25) is 0 Å². The van der Waals surface area contributed by atoms with E-state index in [1.54, 1.807) is 0 Å². The van der Waals surface area contributed by atoms with Crippen molar-refractivity contribution in [2.45, 2.75) is 0 Å². The van der Waals surface area contributed by atoms with Crippen molar-refractivity contribution in [3.05, 3.63) is 57.5 Å². The van der Waals surface area contributed by atoms with Crippen LogP contribution in [-0.2, 0) is 0 Å². The van der Waals surface area contributed by atoms with E-state index in [4.69, 9.17) is 34.8 Å². The Balaban J connectivity index is 2.59. The second-order valence-electron chi connectivity index (χ2n) is 3.72. The Morgan fingerprint density at radius 2 is 1.71 bits per heavy atom. The van der Waals surface area contributed by atoms with E-state index in [-0.39, 0.29) is 0 Å². The normalized spacial score (nSPS) is 11.2. The fraction of sp³-hybridized carbons (Fsp3) is 0. The standard InChI is InChI=1S/C14H5Cl3/c15-12-5-8-6-13(16)14(17)7-11(8)9-3-1-2-4-10(9)12/h1,3-5,7H. The van der Waals surface area contributed by atoms with Gasteiger partial charge < -0.3 is 0 Å². The van der Waals surface area contributed by atoms with Gasteiger partial charge in [-0.3, -0.25) is 0 Å². The number of halogens is 3. The summed E-state index contributed by atoms with van der Waals surface area (Å²) in [4.78, 5) is 0. The van der Waals surface area contributed by atoms with Crippen molar-refractivity contribution >= 4 is 56.3 Å². The Hall–Kier alpha value is -0.950. The van der Waals surface area contributed by atoms with Gasteiger partial charge in [-0.05, 0) is 40.4 Å². The third kappa shape index (κ3) is 1.77. The minimum atomic E-state index is 0.414. The number of rotatable bonds is 0. The monoisotopic (exact) mass is 278 g/mol. The largest absolute Gasteiger partial charge is 0.0836 e. The van der Waals surface area contributed by atoms with Crippen LogP contribution in [0.1, 0.15) is 0 Å². The lowest BCUT2D eigenvalue weighted by atomic mass is 10.0. The third-order valence-electron chi connectivity index (χ3n) is 2.70. The molecule has 0 aliphatic carbocycles. The highest BCUT2D eigenvalue weighted by Crippen LogP contribution is 2.35. The summed E-state index contributed by atoms with van der Waals surface area (Å²) in [5.74, 6) is 0. The number of fused-ring (bicyclic) bond motifs is 3. The lowest BCUT2D eigenvalue weighted by Crippen LogP contribution is -1.81.